The van der Waals surface area contributed by atoms with Crippen LogP contribution in [-0.2, 0) is 5.54 Å². The summed E-state index contributed by atoms with van der Waals surface area (Å²) in [4.78, 5) is 4.42. The topological polar surface area (TPSA) is 38.9 Å². The molecule has 1 saturated carbocycles. The maximum atomic E-state index is 13.7. The minimum absolute atomic E-state index is 0.198. The number of benzene rings is 1. The normalized spacial score (nSPS) is 17.8. The number of nitrogens with zero attached hydrogens (tertiary/aromatic N) is 1. The Balaban J connectivity index is 1.99. The zero-order valence-corrected chi connectivity index (χ0v) is 11.1. The third kappa shape index (κ3) is 2.17. The second kappa shape index (κ2) is 4.65. The number of hydrogen-bond acceptors (Lipinski definition) is 3. The maximum absolute atomic E-state index is 13.7. The second-order valence-corrected chi connectivity index (χ2v) is 5.86. The second-order valence-electron chi connectivity index (χ2n) is 5.00. The smallest absolute Gasteiger partial charge is 0.168 e. The highest BCUT2D eigenvalue weighted by molar-refractivity contribution is 7.10. The summed E-state index contributed by atoms with van der Waals surface area (Å²) < 4.78 is 27.0. The fraction of sp³-hybridized carbons (Fsp3) is 0.357. The van der Waals surface area contributed by atoms with Crippen LogP contribution in [0.15, 0.2) is 23.6 Å². The van der Waals surface area contributed by atoms with E-state index in [1.807, 2.05) is 0 Å². The zero-order valence-electron chi connectivity index (χ0n) is 10.3. The van der Waals surface area contributed by atoms with Crippen LogP contribution in [0.3, 0.4) is 0 Å². The van der Waals surface area contributed by atoms with E-state index in [-0.39, 0.29) is 11.1 Å². The molecule has 0 unspecified atom stereocenters. The van der Waals surface area contributed by atoms with Gasteiger partial charge in [0.25, 0.3) is 0 Å². The largest absolute Gasteiger partial charge is 0.319 e. The molecule has 5 heteroatoms. The lowest BCUT2D eigenvalue weighted by molar-refractivity contribution is 0.459. The SMILES string of the molecule is NC1(c2nc(-c3cccc(F)c3F)cs2)CCCC1. The molecule has 0 aliphatic heterocycles. The first-order valence-corrected chi connectivity index (χ1v) is 7.17. The molecule has 2 N–H and O–H groups in total. The lowest BCUT2D eigenvalue weighted by Gasteiger charge is -2.19. The molecule has 0 atom stereocenters. The first kappa shape index (κ1) is 12.7. The molecule has 1 aromatic carbocycles. The highest BCUT2D eigenvalue weighted by Crippen LogP contribution is 2.39. The van der Waals surface area contributed by atoms with E-state index in [0.717, 1.165) is 36.8 Å². The third-order valence-corrected chi connectivity index (χ3v) is 4.72. The highest BCUT2D eigenvalue weighted by Gasteiger charge is 2.34. The molecule has 0 saturated heterocycles. The molecule has 3 rings (SSSR count). The molecule has 1 fully saturated rings. The van der Waals surface area contributed by atoms with Crippen molar-refractivity contribution in [2.75, 3.05) is 0 Å². The first-order valence-electron chi connectivity index (χ1n) is 6.29. The van der Waals surface area contributed by atoms with Crippen LogP contribution in [0.1, 0.15) is 30.7 Å². The quantitative estimate of drug-likeness (QED) is 0.908. The Bertz CT molecular complexity index is 603. The van der Waals surface area contributed by atoms with Crippen molar-refractivity contribution in [3.8, 4) is 11.3 Å². The van der Waals surface area contributed by atoms with Gasteiger partial charge in [0.2, 0.25) is 0 Å². The van der Waals surface area contributed by atoms with Crippen LogP contribution in [0.25, 0.3) is 11.3 Å². The van der Waals surface area contributed by atoms with Crippen LogP contribution in [-0.4, -0.2) is 4.98 Å². The van der Waals surface area contributed by atoms with E-state index in [0.29, 0.717) is 5.69 Å². The van der Waals surface area contributed by atoms with E-state index < -0.39 is 11.6 Å². The first-order chi connectivity index (χ1) is 9.10. The number of nitrogens with two attached hydrogens (primary N) is 1. The molecule has 0 radical (unpaired) electrons. The van der Waals surface area contributed by atoms with Gasteiger partial charge in [-0.2, -0.15) is 0 Å². The average molecular weight is 280 g/mol. The van der Waals surface area contributed by atoms with Gasteiger partial charge in [-0.1, -0.05) is 18.9 Å². The van der Waals surface area contributed by atoms with Gasteiger partial charge in [0.05, 0.1) is 11.2 Å². The summed E-state index contributed by atoms with van der Waals surface area (Å²) in [5.74, 6) is -1.70. The molecular weight excluding hydrogens is 266 g/mol. The summed E-state index contributed by atoms with van der Waals surface area (Å²) in [6.07, 6.45) is 4.01. The van der Waals surface area contributed by atoms with Gasteiger partial charge in [-0.25, -0.2) is 13.8 Å². The zero-order chi connectivity index (χ0) is 13.5. The number of thiazole rings is 1. The number of rotatable bonds is 2. The van der Waals surface area contributed by atoms with Gasteiger partial charge in [0.1, 0.15) is 5.01 Å². The Hall–Kier alpha value is -1.33. The molecular formula is C14H14F2N2S. The summed E-state index contributed by atoms with van der Waals surface area (Å²) in [5.41, 5.74) is 6.60. The summed E-state index contributed by atoms with van der Waals surface area (Å²) in [6.45, 7) is 0. The summed E-state index contributed by atoms with van der Waals surface area (Å²) >= 11 is 1.43. The van der Waals surface area contributed by atoms with E-state index in [1.165, 1.54) is 23.5 Å². The van der Waals surface area contributed by atoms with Gasteiger partial charge >= 0.3 is 0 Å². The van der Waals surface area contributed by atoms with Crippen molar-refractivity contribution in [2.45, 2.75) is 31.2 Å². The standard InChI is InChI=1S/C14H14F2N2S/c15-10-5-3-4-9(12(10)16)11-8-19-13(18-11)14(17)6-1-2-7-14/h3-5,8H,1-2,6-7,17H2. The van der Waals surface area contributed by atoms with Crippen molar-refractivity contribution in [1.29, 1.82) is 0 Å². The molecule has 1 aliphatic carbocycles. The van der Waals surface area contributed by atoms with Gasteiger partial charge in [-0.15, -0.1) is 11.3 Å². The molecule has 0 amide bonds. The Morgan fingerprint density at radius 1 is 1.21 bits per heavy atom. The number of aromatic nitrogens is 1. The maximum Gasteiger partial charge on any atom is 0.168 e. The van der Waals surface area contributed by atoms with Gasteiger partial charge in [0, 0.05) is 10.9 Å². The van der Waals surface area contributed by atoms with E-state index in [9.17, 15) is 8.78 Å². The van der Waals surface area contributed by atoms with Crippen molar-refractivity contribution in [3.63, 3.8) is 0 Å². The molecule has 0 bridgehead atoms. The van der Waals surface area contributed by atoms with Crippen LogP contribution in [0.2, 0.25) is 0 Å². The predicted octanol–water partition coefficient (Wildman–Crippen LogP) is 3.82. The predicted molar refractivity (Wildman–Crippen MR) is 71.8 cm³/mol. The lowest BCUT2D eigenvalue weighted by Crippen LogP contribution is -2.32. The van der Waals surface area contributed by atoms with Crippen LogP contribution in [0.4, 0.5) is 8.78 Å². The molecule has 19 heavy (non-hydrogen) atoms. The minimum atomic E-state index is -0.852. The molecule has 2 nitrogen and oxygen atoms in total. The number of hydrogen-bond donors (Lipinski definition) is 1. The number of halogens is 2. The van der Waals surface area contributed by atoms with Gasteiger partial charge in [0.15, 0.2) is 11.6 Å². The van der Waals surface area contributed by atoms with Gasteiger partial charge in [-0.3, -0.25) is 0 Å². The van der Waals surface area contributed by atoms with E-state index in [1.54, 1.807) is 5.38 Å². The minimum Gasteiger partial charge on any atom is -0.319 e. The molecule has 100 valence electrons. The van der Waals surface area contributed by atoms with Crippen molar-refractivity contribution >= 4 is 11.3 Å². The fourth-order valence-electron chi connectivity index (χ4n) is 2.55. The molecule has 1 heterocycles. The van der Waals surface area contributed by atoms with Crippen LogP contribution in [0.5, 0.6) is 0 Å². The summed E-state index contributed by atoms with van der Waals surface area (Å²) in [7, 11) is 0. The third-order valence-electron chi connectivity index (χ3n) is 3.65. The van der Waals surface area contributed by atoms with E-state index >= 15 is 0 Å². The van der Waals surface area contributed by atoms with Crippen LogP contribution in [0, 0.1) is 11.6 Å². The van der Waals surface area contributed by atoms with Crippen molar-refractivity contribution in [2.24, 2.45) is 5.73 Å². The van der Waals surface area contributed by atoms with Crippen molar-refractivity contribution in [3.05, 3.63) is 40.2 Å². The highest BCUT2D eigenvalue weighted by atomic mass is 32.1. The van der Waals surface area contributed by atoms with Crippen molar-refractivity contribution < 1.29 is 8.78 Å². The summed E-state index contributed by atoms with van der Waals surface area (Å²) in [5, 5.41) is 2.57. The Morgan fingerprint density at radius 3 is 2.68 bits per heavy atom. The molecule has 1 aliphatic rings. The monoisotopic (exact) mass is 280 g/mol. The van der Waals surface area contributed by atoms with E-state index in [4.69, 9.17) is 5.73 Å². The van der Waals surface area contributed by atoms with Crippen LogP contribution >= 0.6 is 11.3 Å². The lowest BCUT2D eigenvalue weighted by atomic mass is 10.0. The average Bonchev–Trinajstić information content (AvgIpc) is 3.02. The Morgan fingerprint density at radius 2 is 1.95 bits per heavy atom. The molecule has 0 spiro atoms. The van der Waals surface area contributed by atoms with E-state index in [2.05, 4.69) is 4.98 Å². The van der Waals surface area contributed by atoms with Gasteiger partial charge in [-0.05, 0) is 25.0 Å². The van der Waals surface area contributed by atoms with Crippen molar-refractivity contribution in [1.82, 2.24) is 4.98 Å². The summed E-state index contributed by atoms with van der Waals surface area (Å²) in [6, 6.07) is 4.13. The fourth-order valence-corrected chi connectivity index (χ4v) is 3.54. The molecule has 1 aromatic heterocycles. The van der Waals surface area contributed by atoms with Crippen LogP contribution < -0.4 is 5.73 Å². The Kier molecular flexibility index (Phi) is 3.11. The Labute approximate surface area is 114 Å². The van der Waals surface area contributed by atoms with Gasteiger partial charge < -0.3 is 5.73 Å². The molecule has 2 aromatic rings.